The maximum absolute atomic E-state index is 10.8. The Labute approximate surface area is 126 Å². The van der Waals surface area contributed by atoms with Crippen LogP contribution in [0.5, 0.6) is 0 Å². The molecule has 0 radical (unpaired) electrons. The van der Waals surface area contributed by atoms with E-state index in [0.29, 0.717) is 17.0 Å². The van der Waals surface area contributed by atoms with Crippen LogP contribution >= 0.6 is 0 Å². The number of hydrogen-bond donors (Lipinski definition) is 4. The summed E-state index contributed by atoms with van der Waals surface area (Å²) in [5.74, 6) is 0.557. The summed E-state index contributed by atoms with van der Waals surface area (Å²) in [6.45, 7) is 1.36. The molecular weight excluding hydrogens is 290 g/mol. The zero-order valence-corrected chi connectivity index (χ0v) is 12.3. The number of aliphatic hydroxyl groups is 3. The Bertz CT molecular complexity index is 677. The zero-order chi connectivity index (χ0) is 15.9. The molecule has 0 saturated carbocycles. The second kappa shape index (κ2) is 5.43. The summed E-state index contributed by atoms with van der Waals surface area (Å²) in [7, 11) is 1.72. The minimum atomic E-state index is -1.54. The number of fused-ring (bicyclic) bond motifs is 1. The van der Waals surface area contributed by atoms with Crippen molar-refractivity contribution in [2.24, 2.45) is 0 Å². The summed E-state index contributed by atoms with van der Waals surface area (Å²) in [6, 6.07) is 0. The van der Waals surface area contributed by atoms with Crippen LogP contribution in [0.4, 0.5) is 5.82 Å². The van der Waals surface area contributed by atoms with Crippen LogP contribution in [-0.2, 0) is 4.74 Å². The molecule has 0 bridgehead atoms. The number of ether oxygens (including phenoxy) is 1. The van der Waals surface area contributed by atoms with E-state index in [1.54, 1.807) is 18.5 Å². The fourth-order valence-corrected chi connectivity index (χ4v) is 2.87. The SMILES string of the molecule is CC[C@@]1(O)[C@H](O)[C@@H](CO)O[C@H]1n1cnc2c(NC)ncnc21. The second-order valence-corrected chi connectivity index (χ2v) is 5.30. The number of hydrogen-bond acceptors (Lipinski definition) is 8. The minimum absolute atomic E-state index is 0.249. The molecule has 4 atom stereocenters. The van der Waals surface area contributed by atoms with E-state index in [-0.39, 0.29) is 13.0 Å². The number of rotatable bonds is 4. The summed E-state index contributed by atoms with van der Waals surface area (Å²) in [5, 5.41) is 33.3. The Morgan fingerprint density at radius 1 is 1.41 bits per heavy atom. The van der Waals surface area contributed by atoms with Crippen LogP contribution in [-0.4, -0.2) is 66.3 Å². The van der Waals surface area contributed by atoms with Crippen molar-refractivity contribution in [2.45, 2.75) is 37.4 Å². The number of aromatic nitrogens is 4. The number of nitrogens with zero attached hydrogens (tertiary/aromatic N) is 4. The average molecular weight is 309 g/mol. The Balaban J connectivity index is 2.11. The van der Waals surface area contributed by atoms with Gasteiger partial charge in [0.05, 0.1) is 12.9 Å². The first-order valence-corrected chi connectivity index (χ1v) is 7.08. The summed E-state index contributed by atoms with van der Waals surface area (Å²) in [4.78, 5) is 12.5. The Morgan fingerprint density at radius 3 is 2.82 bits per heavy atom. The molecule has 0 unspecified atom stereocenters. The summed E-state index contributed by atoms with van der Waals surface area (Å²) in [5.41, 5.74) is -0.526. The van der Waals surface area contributed by atoms with Gasteiger partial charge in [0.1, 0.15) is 29.7 Å². The van der Waals surface area contributed by atoms with Gasteiger partial charge in [-0.1, -0.05) is 6.92 Å². The normalized spacial score (nSPS) is 31.8. The highest BCUT2D eigenvalue weighted by atomic mass is 16.6. The van der Waals surface area contributed by atoms with Crippen LogP contribution in [0, 0.1) is 0 Å². The lowest BCUT2D eigenvalue weighted by Gasteiger charge is -2.30. The van der Waals surface area contributed by atoms with Crippen molar-refractivity contribution in [1.29, 1.82) is 0 Å². The Morgan fingerprint density at radius 2 is 2.18 bits per heavy atom. The molecule has 22 heavy (non-hydrogen) atoms. The molecule has 1 saturated heterocycles. The van der Waals surface area contributed by atoms with E-state index in [2.05, 4.69) is 20.3 Å². The highest BCUT2D eigenvalue weighted by Gasteiger charge is 2.55. The van der Waals surface area contributed by atoms with Crippen molar-refractivity contribution in [1.82, 2.24) is 19.5 Å². The molecule has 0 aliphatic carbocycles. The molecule has 1 fully saturated rings. The highest BCUT2D eigenvalue weighted by molar-refractivity contribution is 5.82. The standard InChI is InChI=1S/C13H19N5O4/c1-3-13(21)9(20)7(4-19)22-12(13)18-6-17-8-10(14-2)15-5-16-11(8)18/h5-7,9,12,19-21H,3-4H2,1-2H3,(H,14,15,16)/t7-,9-,12-,13-/m1/s1. The van der Waals surface area contributed by atoms with Crippen LogP contribution in [0.3, 0.4) is 0 Å². The Hall–Kier alpha value is -1.81. The number of anilines is 1. The third-order valence-corrected chi connectivity index (χ3v) is 4.19. The molecule has 9 nitrogen and oxygen atoms in total. The molecule has 1 aliphatic heterocycles. The van der Waals surface area contributed by atoms with Gasteiger partial charge in [0.15, 0.2) is 17.7 Å². The van der Waals surface area contributed by atoms with Crippen molar-refractivity contribution >= 4 is 17.0 Å². The first-order chi connectivity index (χ1) is 10.6. The predicted molar refractivity (Wildman–Crippen MR) is 77.1 cm³/mol. The summed E-state index contributed by atoms with van der Waals surface area (Å²) in [6.07, 6.45) is 0.159. The zero-order valence-electron chi connectivity index (χ0n) is 12.3. The van der Waals surface area contributed by atoms with Crippen LogP contribution < -0.4 is 5.32 Å². The lowest BCUT2D eigenvalue weighted by Crippen LogP contribution is -2.46. The molecule has 2 aromatic rings. The fourth-order valence-electron chi connectivity index (χ4n) is 2.87. The highest BCUT2D eigenvalue weighted by Crippen LogP contribution is 2.41. The van der Waals surface area contributed by atoms with E-state index in [9.17, 15) is 15.3 Å². The van der Waals surface area contributed by atoms with Gasteiger partial charge in [0.25, 0.3) is 0 Å². The van der Waals surface area contributed by atoms with Gasteiger partial charge in [-0.15, -0.1) is 0 Å². The largest absolute Gasteiger partial charge is 0.394 e. The third-order valence-electron chi connectivity index (χ3n) is 4.19. The lowest BCUT2D eigenvalue weighted by molar-refractivity contribution is -0.109. The van der Waals surface area contributed by atoms with E-state index in [0.717, 1.165) is 0 Å². The fraction of sp³-hybridized carbons (Fsp3) is 0.615. The van der Waals surface area contributed by atoms with E-state index in [4.69, 9.17) is 4.74 Å². The van der Waals surface area contributed by atoms with Gasteiger partial charge < -0.3 is 25.4 Å². The molecule has 3 heterocycles. The van der Waals surface area contributed by atoms with Crippen LogP contribution in [0.2, 0.25) is 0 Å². The van der Waals surface area contributed by atoms with Gasteiger partial charge in [0, 0.05) is 7.05 Å². The number of imidazole rings is 1. The van der Waals surface area contributed by atoms with Gasteiger partial charge >= 0.3 is 0 Å². The second-order valence-electron chi connectivity index (χ2n) is 5.30. The molecule has 0 spiro atoms. The monoisotopic (exact) mass is 309 g/mol. The number of nitrogens with one attached hydrogen (secondary N) is 1. The van der Waals surface area contributed by atoms with Gasteiger partial charge in [-0.05, 0) is 6.42 Å². The predicted octanol–water partition coefficient (Wildman–Crippen LogP) is -0.740. The van der Waals surface area contributed by atoms with Crippen LogP contribution in [0.1, 0.15) is 19.6 Å². The quantitative estimate of drug-likeness (QED) is 0.582. The molecule has 3 rings (SSSR count). The minimum Gasteiger partial charge on any atom is -0.394 e. The van der Waals surface area contributed by atoms with Crippen molar-refractivity contribution in [3.05, 3.63) is 12.7 Å². The van der Waals surface area contributed by atoms with Crippen molar-refractivity contribution in [3.63, 3.8) is 0 Å². The van der Waals surface area contributed by atoms with Gasteiger partial charge in [0.2, 0.25) is 0 Å². The summed E-state index contributed by atoms with van der Waals surface area (Å²) >= 11 is 0. The van der Waals surface area contributed by atoms with Crippen molar-refractivity contribution < 1.29 is 20.1 Å². The molecule has 2 aromatic heterocycles. The number of aliphatic hydroxyl groups excluding tert-OH is 2. The first-order valence-electron chi connectivity index (χ1n) is 7.08. The van der Waals surface area contributed by atoms with E-state index >= 15 is 0 Å². The van der Waals surface area contributed by atoms with E-state index in [1.165, 1.54) is 12.7 Å². The molecule has 0 aromatic carbocycles. The molecular formula is C13H19N5O4. The third kappa shape index (κ3) is 1.97. The van der Waals surface area contributed by atoms with E-state index < -0.39 is 24.0 Å². The van der Waals surface area contributed by atoms with Crippen molar-refractivity contribution in [2.75, 3.05) is 19.0 Å². The van der Waals surface area contributed by atoms with Gasteiger partial charge in [-0.25, -0.2) is 15.0 Å². The molecule has 4 N–H and O–H groups in total. The maximum Gasteiger partial charge on any atom is 0.168 e. The van der Waals surface area contributed by atoms with Gasteiger partial charge in [-0.2, -0.15) is 0 Å². The lowest BCUT2D eigenvalue weighted by atomic mass is 9.91. The molecule has 9 heteroatoms. The average Bonchev–Trinajstić information content (AvgIpc) is 3.08. The molecule has 0 amide bonds. The van der Waals surface area contributed by atoms with Gasteiger partial charge in [-0.3, -0.25) is 4.57 Å². The smallest absolute Gasteiger partial charge is 0.168 e. The summed E-state index contributed by atoms with van der Waals surface area (Å²) < 4.78 is 7.20. The molecule has 1 aliphatic rings. The van der Waals surface area contributed by atoms with Crippen molar-refractivity contribution in [3.8, 4) is 0 Å². The maximum atomic E-state index is 10.8. The molecule has 120 valence electrons. The van der Waals surface area contributed by atoms with Crippen LogP contribution in [0.15, 0.2) is 12.7 Å². The van der Waals surface area contributed by atoms with Crippen LogP contribution in [0.25, 0.3) is 11.2 Å². The topological polar surface area (TPSA) is 126 Å². The van der Waals surface area contributed by atoms with E-state index in [1.807, 2.05) is 0 Å². The first kappa shape index (κ1) is 15.1. The Kier molecular flexibility index (Phi) is 3.73.